The van der Waals surface area contributed by atoms with Crippen molar-refractivity contribution < 1.29 is 48.3 Å². The molecule has 0 unspecified atom stereocenters. The van der Waals surface area contributed by atoms with Crippen LogP contribution in [0, 0.1) is 11.3 Å². The summed E-state index contributed by atoms with van der Waals surface area (Å²) >= 11 is 0. The highest BCUT2D eigenvalue weighted by Gasteiger charge is 2.40. The summed E-state index contributed by atoms with van der Waals surface area (Å²) in [7, 11) is 4.50. The summed E-state index contributed by atoms with van der Waals surface area (Å²) in [5.41, 5.74) is 1.76. The fraction of sp³-hybridized carbons (Fsp3) is 0.404. The fourth-order valence-corrected chi connectivity index (χ4v) is 6.66. The van der Waals surface area contributed by atoms with Gasteiger partial charge in [-0.1, -0.05) is 101 Å². The average molecular weight is 856 g/mol. The SMILES string of the molecule is COc1ccc(CNC(=O)[C@@H](NC(=O)[C@H](NCc2ccc(OC)cc2OC)[C@H](O)[C@H](Cc2ccccc2)NC(=O)[C@@H](NC(=O)OCc2ccccc2)C(C)(C)C)C(C)C)c(O)c1. The van der Waals surface area contributed by atoms with E-state index in [9.17, 15) is 29.4 Å². The molecule has 4 rings (SSSR count). The number of aromatic hydroxyl groups is 1. The molecule has 62 heavy (non-hydrogen) atoms. The maximum Gasteiger partial charge on any atom is 0.408 e. The minimum Gasteiger partial charge on any atom is -0.507 e. The predicted molar refractivity (Wildman–Crippen MR) is 235 cm³/mol. The van der Waals surface area contributed by atoms with Crippen LogP contribution in [0.5, 0.6) is 23.0 Å². The van der Waals surface area contributed by atoms with E-state index in [4.69, 9.17) is 18.9 Å². The Morgan fingerprint density at radius 1 is 0.661 bits per heavy atom. The zero-order valence-corrected chi connectivity index (χ0v) is 36.7. The van der Waals surface area contributed by atoms with E-state index in [1.54, 1.807) is 65.0 Å². The van der Waals surface area contributed by atoms with Crippen molar-refractivity contribution >= 4 is 23.8 Å². The van der Waals surface area contributed by atoms with Crippen LogP contribution in [0.15, 0.2) is 97.1 Å². The van der Waals surface area contributed by atoms with Crippen molar-refractivity contribution in [3.8, 4) is 23.0 Å². The second-order valence-electron chi connectivity index (χ2n) is 16.3. The predicted octanol–water partition coefficient (Wildman–Crippen LogP) is 4.76. The number of carbonyl (C=O) groups is 4. The molecule has 0 spiro atoms. The lowest BCUT2D eigenvalue weighted by Crippen LogP contribution is -2.63. The molecular weight excluding hydrogens is 795 g/mol. The summed E-state index contributed by atoms with van der Waals surface area (Å²) in [5.74, 6) is -0.911. The maximum absolute atomic E-state index is 14.5. The second kappa shape index (κ2) is 23.0. The van der Waals surface area contributed by atoms with Crippen LogP contribution in [0.3, 0.4) is 0 Å². The van der Waals surface area contributed by atoms with Gasteiger partial charge in [0, 0.05) is 36.3 Å². The van der Waals surface area contributed by atoms with Crippen LogP contribution in [0.4, 0.5) is 4.79 Å². The van der Waals surface area contributed by atoms with Gasteiger partial charge in [-0.25, -0.2) is 4.79 Å². The van der Waals surface area contributed by atoms with Crippen molar-refractivity contribution in [1.29, 1.82) is 0 Å². The highest BCUT2D eigenvalue weighted by Crippen LogP contribution is 2.26. The average Bonchev–Trinajstić information content (AvgIpc) is 3.25. The molecule has 0 aliphatic rings. The zero-order chi connectivity index (χ0) is 45.4. The number of alkyl carbamates (subject to hydrolysis) is 1. The number of phenolic OH excluding ortho intramolecular Hbond substituents is 1. The van der Waals surface area contributed by atoms with E-state index in [1.807, 2.05) is 60.7 Å². The van der Waals surface area contributed by atoms with Crippen LogP contribution in [0.2, 0.25) is 0 Å². The molecule has 0 heterocycles. The van der Waals surface area contributed by atoms with Crippen molar-refractivity contribution in [2.45, 2.75) is 91.0 Å². The minimum absolute atomic E-state index is 0.0126. The molecule has 4 aromatic carbocycles. The number of methoxy groups -OCH3 is 3. The van der Waals surface area contributed by atoms with Gasteiger partial charge in [0.1, 0.15) is 47.7 Å². The normalized spacial score (nSPS) is 13.7. The number of rotatable bonds is 21. The lowest BCUT2D eigenvalue weighted by Gasteiger charge is -2.35. The van der Waals surface area contributed by atoms with Crippen LogP contribution < -0.4 is 40.8 Å². The molecule has 0 aliphatic carbocycles. The van der Waals surface area contributed by atoms with Crippen molar-refractivity contribution in [2.24, 2.45) is 11.3 Å². The Morgan fingerprint density at radius 2 is 1.26 bits per heavy atom. The van der Waals surface area contributed by atoms with Gasteiger partial charge in [-0.2, -0.15) is 0 Å². The second-order valence-corrected chi connectivity index (χ2v) is 16.3. The van der Waals surface area contributed by atoms with E-state index >= 15 is 0 Å². The Balaban J connectivity index is 1.65. The number of hydrogen-bond acceptors (Lipinski definition) is 11. The van der Waals surface area contributed by atoms with Gasteiger partial charge in [0.25, 0.3) is 0 Å². The molecule has 0 bridgehead atoms. The molecule has 0 radical (unpaired) electrons. The lowest BCUT2D eigenvalue weighted by molar-refractivity contribution is -0.134. The summed E-state index contributed by atoms with van der Waals surface area (Å²) in [5, 5.41) is 37.3. The van der Waals surface area contributed by atoms with Crippen LogP contribution in [-0.2, 0) is 45.2 Å². The number of aliphatic hydroxyl groups is 1. The molecule has 0 saturated heterocycles. The van der Waals surface area contributed by atoms with Crippen molar-refractivity contribution in [3.63, 3.8) is 0 Å². The molecule has 0 aromatic heterocycles. The fourth-order valence-electron chi connectivity index (χ4n) is 6.66. The van der Waals surface area contributed by atoms with Gasteiger partial charge in [-0.05, 0) is 47.1 Å². The highest BCUT2D eigenvalue weighted by molar-refractivity contribution is 5.91. The highest BCUT2D eigenvalue weighted by atomic mass is 16.5. The molecule has 334 valence electrons. The summed E-state index contributed by atoms with van der Waals surface area (Å²) in [6, 6.07) is 23.4. The molecule has 0 fully saturated rings. The molecule has 4 aromatic rings. The zero-order valence-electron chi connectivity index (χ0n) is 36.7. The van der Waals surface area contributed by atoms with Gasteiger partial charge in [-0.3, -0.25) is 19.7 Å². The monoisotopic (exact) mass is 855 g/mol. The number of phenols is 1. The van der Waals surface area contributed by atoms with E-state index in [1.165, 1.54) is 27.4 Å². The first-order valence-electron chi connectivity index (χ1n) is 20.4. The number of ether oxygens (including phenoxy) is 4. The maximum atomic E-state index is 14.5. The Labute approximate surface area is 363 Å². The molecule has 5 atom stereocenters. The van der Waals surface area contributed by atoms with Crippen LogP contribution in [-0.4, -0.2) is 85.6 Å². The molecular formula is C47H61N5O10. The number of hydrogen-bond donors (Lipinski definition) is 7. The van der Waals surface area contributed by atoms with Gasteiger partial charge in [0.2, 0.25) is 17.7 Å². The number of aliphatic hydroxyl groups excluding tert-OH is 1. The number of nitrogens with one attached hydrogen (secondary N) is 5. The van der Waals surface area contributed by atoms with Gasteiger partial charge >= 0.3 is 6.09 Å². The molecule has 15 heteroatoms. The van der Waals surface area contributed by atoms with Gasteiger partial charge < -0.3 is 50.4 Å². The van der Waals surface area contributed by atoms with Crippen molar-refractivity contribution in [2.75, 3.05) is 21.3 Å². The van der Waals surface area contributed by atoms with Crippen LogP contribution in [0.25, 0.3) is 0 Å². The quantitative estimate of drug-likeness (QED) is 0.0609. The van der Waals surface area contributed by atoms with Crippen molar-refractivity contribution in [3.05, 3.63) is 119 Å². The molecule has 4 amide bonds. The smallest absolute Gasteiger partial charge is 0.408 e. The third-order valence-corrected chi connectivity index (χ3v) is 10.3. The summed E-state index contributed by atoms with van der Waals surface area (Å²) in [6.45, 7) is 8.84. The third kappa shape index (κ3) is 14.1. The molecule has 0 saturated carbocycles. The number of carbonyl (C=O) groups excluding carboxylic acids is 4. The Morgan fingerprint density at radius 3 is 1.82 bits per heavy atom. The number of benzene rings is 4. The standard InChI is InChI=1S/C47H61N5O10/c1-29(2)39(43(55)49-26-32-19-21-34(59-6)24-37(32)53)51-44(56)40(48-27-33-20-22-35(60-7)25-38(33)61-8)41(54)36(23-30-15-11-9-12-16-30)50-45(57)42(47(3,4)5)52-46(58)62-28-31-17-13-10-14-18-31/h9-22,24-25,29,36,39-42,48,53-54H,23,26-28H2,1-8H3,(H,49,55)(H,50,57)(H,51,56)(H,52,58)/t36-,39-,40+,41+,42+/m0/s1. The topological polar surface area (TPSA) is 206 Å². The van der Waals surface area contributed by atoms with Crippen molar-refractivity contribution in [1.82, 2.24) is 26.6 Å². The van der Waals surface area contributed by atoms with E-state index in [-0.39, 0.29) is 31.9 Å². The third-order valence-electron chi connectivity index (χ3n) is 10.3. The number of amides is 4. The Hall–Kier alpha value is -6.32. The van der Waals surface area contributed by atoms with Crippen LogP contribution >= 0.6 is 0 Å². The Kier molecular flexibility index (Phi) is 18.0. The first kappa shape index (κ1) is 48.3. The molecule has 7 N–H and O–H groups in total. The minimum atomic E-state index is -1.61. The van der Waals surface area contributed by atoms with Crippen LogP contribution in [0.1, 0.15) is 56.9 Å². The van der Waals surface area contributed by atoms with E-state index in [0.29, 0.717) is 28.4 Å². The molecule has 15 nitrogen and oxygen atoms in total. The van der Waals surface area contributed by atoms with E-state index in [2.05, 4.69) is 26.6 Å². The summed E-state index contributed by atoms with van der Waals surface area (Å²) in [6.07, 6.45) is -2.34. The lowest BCUT2D eigenvalue weighted by atomic mass is 9.85. The van der Waals surface area contributed by atoms with Gasteiger partial charge in [0.15, 0.2) is 0 Å². The largest absolute Gasteiger partial charge is 0.507 e. The summed E-state index contributed by atoms with van der Waals surface area (Å²) in [4.78, 5) is 55.6. The van der Waals surface area contributed by atoms with E-state index in [0.717, 1.165) is 11.1 Å². The van der Waals surface area contributed by atoms with Gasteiger partial charge in [-0.15, -0.1) is 0 Å². The first-order valence-corrected chi connectivity index (χ1v) is 20.4. The Bertz CT molecular complexity index is 2080. The molecule has 0 aliphatic heterocycles. The summed E-state index contributed by atoms with van der Waals surface area (Å²) < 4.78 is 21.6. The van der Waals surface area contributed by atoms with Gasteiger partial charge in [0.05, 0.1) is 33.5 Å². The van der Waals surface area contributed by atoms with E-state index < -0.39 is 65.4 Å². The first-order chi connectivity index (χ1) is 29.5.